The Hall–Kier alpha value is -0.470. The fraction of sp³-hybridized carbons (Fsp3) is 0.625. The van der Waals surface area contributed by atoms with Crippen molar-refractivity contribution in [3.63, 3.8) is 0 Å². The zero-order chi connectivity index (χ0) is 28.6. The van der Waals surface area contributed by atoms with Crippen LogP contribution in [0.15, 0.2) is 0 Å². The molecule has 1 aromatic rings. The van der Waals surface area contributed by atoms with E-state index in [0.717, 1.165) is 0 Å². The predicted molar refractivity (Wildman–Crippen MR) is 167 cm³/mol. The molecular formula is C24H36O7S6. The highest BCUT2D eigenvalue weighted by Gasteiger charge is 2.37. The molecule has 0 aliphatic heterocycles. The van der Waals surface area contributed by atoms with Crippen LogP contribution < -0.4 is 4.74 Å². The third-order valence-electron chi connectivity index (χ3n) is 5.86. The molecule has 0 fully saturated rings. The Morgan fingerprint density at radius 3 is 1.22 bits per heavy atom. The van der Waals surface area contributed by atoms with E-state index in [4.69, 9.17) is 17.4 Å². The van der Waals surface area contributed by atoms with Crippen molar-refractivity contribution in [3.8, 4) is 5.75 Å². The van der Waals surface area contributed by atoms with Crippen LogP contribution in [0.2, 0.25) is 0 Å². The van der Waals surface area contributed by atoms with E-state index in [9.17, 15) is 29.7 Å². The largest absolute Gasteiger partial charge is 0.489 e. The van der Waals surface area contributed by atoms with Gasteiger partial charge in [-0.3, -0.25) is 14.4 Å². The first-order chi connectivity index (χ1) is 17.2. The Morgan fingerprint density at radius 2 is 0.946 bits per heavy atom. The lowest BCUT2D eigenvalue weighted by molar-refractivity contribution is -0.138. The Labute approximate surface area is 251 Å². The molecule has 0 heterocycles. The lowest BCUT2D eigenvalue weighted by Gasteiger charge is -2.36. The lowest BCUT2D eigenvalue weighted by Crippen LogP contribution is -2.24. The summed E-state index contributed by atoms with van der Waals surface area (Å²) in [6.45, 7) is 5.58. The van der Waals surface area contributed by atoms with Gasteiger partial charge in [0.05, 0.1) is 19.3 Å². The van der Waals surface area contributed by atoms with E-state index < -0.39 is 39.8 Å². The Kier molecular flexibility index (Phi) is 14.9. The van der Waals surface area contributed by atoms with Crippen molar-refractivity contribution in [2.45, 2.75) is 73.7 Å². The first-order valence-electron chi connectivity index (χ1n) is 11.6. The first kappa shape index (κ1) is 34.6. The molecule has 0 saturated carbocycles. The normalized spacial score (nSPS) is 16.4. The molecule has 1 rings (SSSR count). The van der Waals surface area contributed by atoms with E-state index in [1.54, 1.807) is 6.92 Å². The number of benzene rings is 1. The molecule has 7 nitrogen and oxygen atoms in total. The molecule has 0 bridgehead atoms. The van der Waals surface area contributed by atoms with Gasteiger partial charge in [-0.2, -0.15) is 75.8 Å². The van der Waals surface area contributed by atoms with Gasteiger partial charge in [0.25, 0.3) is 0 Å². The SMILES string of the molecule is CC(CS)Oc1c(C(S)CC(=O)O)c(C(C)CS)c(C(S)CC(=O)O)c(C(C)CS)c1C(S)CC(=O)O. The number of carboxylic acid groups (broad SMARTS) is 3. The maximum Gasteiger partial charge on any atom is 0.304 e. The molecule has 0 radical (unpaired) electrons. The van der Waals surface area contributed by atoms with Crippen LogP contribution in [-0.4, -0.2) is 56.6 Å². The van der Waals surface area contributed by atoms with E-state index in [2.05, 4.69) is 63.1 Å². The summed E-state index contributed by atoms with van der Waals surface area (Å²) in [7, 11) is 0. The second kappa shape index (κ2) is 16.0. The smallest absolute Gasteiger partial charge is 0.304 e. The van der Waals surface area contributed by atoms with Crippen molar-refractivity contribution in [2.75, 3.05) is 17.3 Å². The van der Waals surface area contributed by atoms with E-state index in [1.807, 2.05) is 13.8 Å². The molecule has 0 amide bonds. The van der Waals surface area contributed by atoms with Gasteiger partial charge in [0.15, 0.2) is 0 Å². The minimum atomic E-state index is -1.09. The van der Waals surface area contributed by atoms with Crippen LogP contribution >= 0.6 is 75.8 Å². The van der Waals surface area contributed by atoms with E-state index in [1.165, 1.54) is 0 Å². The Balaban J connectivity index is 4.51. The molecule has 6 atom stereocenters. The predicted octanol–water partition coefficient (Wildman–Crippen LogP) is 5.79. The van der Waals surface area contributed by atoms with Gasteiger partial charge < -0.3 is 20.1 Å². The number of hydrogen-bond acceptors (Lipinski definition) is 10. The van der Waals surface area contributed by atoms with E-state index >= 15 is 0 Å². The third-order valence-corrected chi connectivity index (χ3v) is 8.79. The summed E-state index contributed by atoms with van der Waals surface area (Å²) in [6.07, 6.45) is -1.45. The monoisotopic (exact) mass is 628 g/mol. The van der Waals surface area contributed by atoms with Gasteiger partial charge in [-0.25, -0.2) is 0 Å². The molecule has 0 aromatic heterocycles. The second-order valence-corrected chi connectivity index (χ2v) is 12.0. The highest BCUT2D eigenvalue weighted by molar-refractivity contribution is 7.81. The minimum Gasteiger partial charge on any atom is -0.489 e. The average molecular weight is 629 g/mol. The van der Waals surface area contributed by atoms with Gasteiger partial charge in [0.2, 0.25) is 0 Å². The molecule has 0 aliphatic carbocycles. The van der Waals surface area contributed by atoms with Crippen LogP contribution in [0, 0.1) is 0 Å². The van der Waals surface area contributed by atoms with E-state index in [-0.39, 0.29) is 31.1 Å². The molecule has 0 saturated heterocycles. The standard InChI is InChI=1S/C24H36O7S6/c1-10(7-32)19-21(13(35)4-16(25)26)20(11(2)8-33)23(15(37)6-18(29)30)24(31-12(3)9-34)22(19)14(36)5-17(27)28/h10-15,32-37H,4-9H2,1-3H3,(H,25,26)(H,27,28)(H,29,30). The van der Waals surface area contributed by atoms with Gasteiger partial charge in [0.1, 0.15) is 11.9 Å². The fourth-order valence-electron chi connectivity index (χ4n) is 4.26. The van der Waals surface area contributed by atoms with Crippen molar-refractivity contribution < 1.29 is 34.4 Å². The highest BCUT2D eigenvalue weighted by atomic mass is 32.1. The zero-order valence-electron chi connectivity index (χ0n) is 20.9. The highest BCUT2D eigenvalue weighted by Crippen LogP contribution is 2.53. The molecule has 13 heteroatoms. The number of hydrogen-bond donors (Lipinski definition) is 9. The second-order valence-electron chi connectivity index (χ2n) is 9.02. The van der Waals surface area contributed by atoms with Crippen molar-refractivity contribution in [3.05, 3.63) is 27.8 Å². The Bertz CT molecular complexity index is 916. The number of aliphatic carboxylic acids is 3. The van der Waals surface area contributed by atoms with Crippen LogP contribution in [0.1, 0.15) is 95.4 Å². The molecule has 0 spiro atoms. The summed E-state index contributed by atoms with van der Waals surface area (Å²) < 4.78 is 6.37. The molecule has 3 N–H and O–H groups in total. The summed E-state index contributed by atoms with van der Waals surface area (Å²) in [5.41, 5.74) is 2.80. The van der Waals surface area contributed by atoms with Crippen LogP contribution in [0.3, 0.4) is 0 Å². The summed E-state index contributed by atoms with van der Waals surface area (Å²) in [5.74, 6) is -2.44. The molecule has 1 aromatic carbocycles. The maximum atomic E-state index is 11.8. The lowest BCUT2D eigenvalue weighted by atomic mass is 9.77. The van der Waals surface area contributed by atoms with Crippen molar-refractivity contribution in [1.82, 2.24) is 0 Å². The minimum absolute atomic E-state index is 0.272. The van der Waals surface area contributed by atoms with Gasteiger partial charge in [0, 0.05) is 32.6 Å². The topological polar surface area (TPSA) is 121 Å². The summed E-state index contributed by atoms with van der Waals surface area (Å²) in [5, 5.41) is 26.3. The number of thiol groups is 6. The summed E-state index contributed by atoms with van der Waals surface area (Å²) in [4.78, 5) is 35.3. The quantitative estimate of drug-likeness (QED) is 0.106. The molecule has 6 unspecified atom stereocenters. The number of rotatable bonds is 16. The van der Waals surface area contributed by atoms with Crippen LogP contribution in [0.4, 0.5) is 0 Å². The number of carbonyl (C=O) groups is 3. The van der Waals surface area contributed by atoms with Crippen molar-refractivity contribution in [2.24, 2.45) is 0 Å². The Morgan fingerprint density at radius 1 is 0.622 bits per heavy atom. The zero-order valence-corrected chi connectivity index (χ0v) is 26.2. The van der Waals surface area contributed by atoms with Gasteiger partial charge in [-0.1, -0.05) is 13.8 Å². The fourth-order valence-corrected chi connectivity index (χ4v) is 5.96. The van der Waals surface area contributed by atoms with Crippen LogP contribution in [0.25, 0.3) is 0 Å². The summed E-state index contributed by atoms with van der Waals surface area (Å²) in [6, 6.07) is 0. The van der Waals surface area contributed by atoms with Crippen molar-refractivity contribution in [1.29, 1.82) is 0 Å². The van der Waals surface area contributed by atoms with Gasteiger partial charge >= 0.3 is 17.9 Å². The first-order valence-corrected chi connectivity index (χ1v) is 15.1. The third kappa shape index (κ3) is 9.30. The van der Waals surface area contributed by atoms with Crippen LogP contribution in [-0.2, 0) is 14.4 Å². The maximum absolute atomic E-state index is 11.8. The van der Waals surface area contributed by atoms with E-state index in [0.29, 0.717) is 50.8 Å². The van der Waals surface area contributed by atoms with Gasteiger partial charge in [-0.05, 0) is 47.0 Å². The number of carboxylic acids is 3. The number of ether oxygens (including phenoxy) is 1. The molecule has 0 aliphatic rings. The van der Waals surface area contributed by atoms with Crippen molar-refractivity contribution >= 4 is 93.7 Å². The molecule has 210 valence electrons. The molecular weight excluding hydrogens is 593 g/mol. The summed E-state index contributed by atoms with van der Waals surface area (Å²) >= 11 is 27.3. The molecule has 37 heavy (non-hydrogen) atoms. The average Bonchev–Trinajstić information content (AvgIpc) is 2.79. The van der Waals surface area contributed by atoms with Crippen LogP contribution in [0.5, 0.6) is 5.75 Å². The van der Waals surface area contributed by atoms with Gasteiger partial charge in [-0.15, -0.1) is 0 Å².